The van der Waals surface area contributed by atoms with Crippen LogP contribution in [0.15, 0.2) is 0 Å². The van der Waals surface area contributed by atoms with Gasteiger partial charge in [0.1, 0.15) is 0 Å². The molecule has 2 heteroatoms. The third-order valence-corrected chi connectivity index (χ3v) is 16.8. The van der Waals surface area contributed by atoms with E-state index in [9.17, 15) is 0 Å². The zero-order valence-corrected chi connectivity index (χ0v) is 10.5. The number of hydrogen-bond acceptors (Lipinski definition) is 0. The van der Waals surface area contributed by atoms with Crippen molar-refractivity contribution in [2.75, 3.05) is 0 Å². The predicted octanol–water partition coefficient (Wildman–Crippen LogP) is 1.62. The van der Waals surface area contributed by atoms with E-state index >= 15 is 0 Å². The van der Waals surface area contributed by atoms with Crippen LogP contribution in [-0.2, 0) is 0 Å². The van der Waals surface area contributed by atoms with Gasteiger partial charge in [-0.2, -0.15) is 0 Å². The Balaban J connectivity index is 3.58. The van der Waals surface area contributed by atoms with E-state index in [0.717, 1.165) is 0 Å². The van der Waals surface area contributed by atoms with Gasteiger partial charge in [-0.05, 0) is 0 Å². The van der Waals surface area contributed by atoms with Crippen LogP contribution < -0.4 is 0 Å². The third-order valence-electron chi connectivity index (χ3n) is 2.11. The third kappa shape index (κ3) is 2.54. The van der Waals surface area contributed by atoms with Crippen LogP contribution in [0.3, 0.4) is 0 Å². The summed E-state index contributed by atoms with van der Waals surface area (Å²) in [6.45, 7) is 7.10. The molecule has 0 aromatic rings. The molecule has 0 saturated heterocycles. The number of rotatable bonds is 3. The van der Waals surface area contributed by atoms with Crippen LogP contribution in [0.2, 0.25) is 18.1 Å². The molecule has 0 N–H and O–H groups in total. The fourth-order valence-electron chi connectivity index (χ4n) is 0.750. The second-order valence-electron chi connectivity index (χ2n) is 2.42. The molecule has 0 unspecified atom stereocenters. The molecule has 0 spiro atoms. The summed E-state index contributed by atoms with van der Waals surface area (Å²) >= 11 is 1.57. The van der Waals surface area contributed by atoms with Crippen molar-refractivity contribution in [2.24, 2.45) is 0 Å². The van der Waals surface area contributed by atoms with Gasteiger partial charge < -0.3 is 0 Å². The Morgan fingerprint density at radius 3 is 1.25 bits per heavy atom. The van der Waals surface area contributed by atoms with Gasteiger partial charge in [-0.25, -0.2) is 0 Å². The molecule has 0 amide bonds. The summed E-state index contributed by atoms with van der Waals surface area (Å²) in [7, 11) is 0. The summed E-state index contributed by atoms with van der Waals surface area (Å²) in [4.78, 5) is 0. The average molecular weight is 239 g/mol. The molecular formula is C6H17SbSi. The maximum absolute atomic E-state index is 2.37. The second kappa shape index (κ2) is 3.95. The fraction of sp³-hybridized carbons (Fsp3) is 1.00. The normalized spacial score (nSPS) is 12.0. The van der Waals surface area contributed by atoms with E-state index in [1.165, 1.54) is 18.1 Å². The van der Waals surface area contributed by atoms with Crippen molar-refractivity contribution >= 4 is 27.7 Å². The molecule has 0 nitrogen and oxygen atoms in total. The molecule has 0 aromatic heterocycles. The van der Waals surface area contributed by atoms with Crippen molar-refractivity contribution in [3.8, 4) is 0 Å². The Hall–Kier alpha value is 1.04. The molecule has 0 aliphatic rings. The van der Waals surface area contributed by atoms with Crippen molar-refractivity contribution in [3.05, 3.63) is 0 Å². The summed E-state index contributed by atoms with van der Waals surface area (Å²) < 4.78 is 0. The van der Waals surface area contributed by atoms with Gasteiger partial charge in [-0.3, -0.25) is 0 Å². The van der Waals surface area contributed by atoms with Crippen LogP contribution in [0.5, 0.6) is 0 Å². The Bertz CT molecular complexity index is 51.3. The quantitative estimate of drug-likeness (QED) is 0.656. The van der Waals surface area contributed by atoms with Crippen LogP contribution in [0.1, 0.15) is 20.8 Å². The van der Waals surface area contributed by atoms with Gasteiger partial charge in [0.2, 0.25) is 0 Å². The van der Waals surface area contributed by atoms with Crippen LogP contribution in [0, 0.1) is 0 Å². The summed E-state index contributed by atoms with van der Waals surface area (Å²) in [5.41, 5.74) is -0.541. The molecule has 0 heterocycles. The van der Waals surface area contributed by atoms with E-state index in [4.69, 9.17) is 0 Å². The van der Waals surface area contributed by atoms with Gasteiger partial charge in [0, 0.05) is 0 Å². The second-order valence-corrected chi connectivity index (χ2v) is 17.8. The van der Waals surface area contributed by atoms with Gasteiger partial charge in [0.05, 0.1) is 0 Å². The van der Waals surface area contributed by atoms with Crippen LogP contribution in [0.4, 0.5) is 0 Å². The molecular weight excluding hydrogens is 222 g/mol. The predicted molar refractivity (Wildman–Crippen MR) is 45.7 cm³/mol. The monoisotopic (exact) mass is 238 g/mol. The van der Waals surface area contributed by atoms with Crippen LogP contribution in [-0.4, -0.2) is 27.7 Å². The molecule has 0 saturated carbocycles. The Morgan fingerprint density at radius 2 is 1.25 bits per heavy atom. The van der Waals surface area contributed by atoms with Crippen molar-refractivity contribution in [1.82, 2.24) is 0 Å². The number of hydrogen-bond donors (Lipinski definition) is 0. The average Bonchev–Trinajstić information content (AvgIpc) is 1.87. The SMILES string of the molecule is CC[Si]([SbH2])(CC)CC. The molecule has 0 aliphatic carbocycles. The van der Waals surface area contributed by atoms with Crippen molar-refractivity contribution in [2.45, 2.75) is 38.9 Å². The van der Waals surface area contributed by atoms with Gasteiger partial charge in [-0.15, -0.1) is 0 Å². The van der Waals surface area contributed by atoms with E-state index in [1.807, 2.05) is 0 Å². The first-order chi connectivity index (χ1) is 3.68. The van der Waals surface area contributed by atoms with Gasteiger partial charge >= 0.3 is 66.6 Å². The van der Waals surface area contributed by atoms with Gasteiger partial charge in [0.15, 0.2) is 0 Å². The molecule has 0 fully saturated rings. The minimum absolute atomic E-state index is 0.541. The van der Waals surface area contributed by atoms with E-state index in [2.05, 4.69) is 20.8 Å². The fourth-order valence-corrected chi connectivity index (χ4v) is 2.25. The Kier molecular flexibility index (Phi) is 4.46. The molecule has 0 atom stereocenters. The molecule has 0 bridgehead atoms. The molecule has 0 rings (SSSR count). The summed E-state index contributed by atoms with van der Waals surface area (Å²) in [5.74, 6) is 0. The Morgan fingerprint density at radius 1 is 1.00 bits per heavy atom. The van der Waals surface area contributed by atoms with E-state index in [-0.39, 0.29) is 0 Å². The molecule has 0 aromatic carbocycles. The van der Waals surface area contributed by atoms with E-state index < -0.39 is 5.50 Å². The standard InChI is InChI=1S/C6H15Si.Sb.2H/c1-4-7(5-2)6-3;;;/h4-6H2,1-3H3;;;. The zero-order valence-electron chi connectivity index (χ0n) is 6.20. The molecule has 0 radical (unpaired) electrons. The zero-order chi connectivity index (χ0) is 6.62. The van der Waals surface area contributed by atoms with E-state index in [0.29, 0.717) is 0 Å². The topological polar surface area (TPSA) is 0 Å². The van der Waals surface area contributed by atoms with Crippen molar-refractivity contribution in [1.29, 1.82) is 0 Å². The van der Waals surface area contributed by atoms with Gasteiger partial charge in [-0.1, -0.05) is 0 Å². The first-order valence-electron chi connectivity index (χ1n) is 3.47. The van der Waals surface area contributed by atoms with Crippen LogP contribution >= 0.6 is 0 Å². The maximum atomic E-state index is 2.37. The van der Waals surface area contributed by atoms with E-state index in [1.54, 1.807) is 22.2 Å². The van der Waals surface area contributed by atoms with Gasteiger partial charge in [0.25, 0.3) is 0 Å². The summed E-state index contributed by atoms with van der Waals surface area (Å²) in [5, 5.41) is 0. The molecule has 50 valence electrons. The Labute approximate surface area is 66.6 Å². The molecule has 0 aliphatic heterocycles. The van der Waals surface area contributed by atoms with Crippen molar-refractivity contribution < 1.29 is 0 Å². The van der Waals surface area contributed by atoms with Crippen LogP contribution in [0.25, 0.3) is 0 Å². The summed E-state index contributed by atoms with van der Waals surface area (Å²) in [6.07, 6.45) is 0. The first kappa shape index (κ1) is 9.04. The van der Waals surface area contributed by atoms with Crippen molar-refractivity contribution in [3.63, 3.8) is 0 Å². The first-order valence-corrected chi connectivity index (χ1v) is 11.1. The summed E-state index contributed by atoms with van der Waals surface area (Å²) in [6, 6.07) is 4.55. The minimum atomic E-state index is -0.541. The molecule has 8 heavy (non-hydrogen) atoms.